The second-order valence-electron chi connectivity index (χ2n) is 11.2. The Morgan fingerprint density at radius 3 is 0.705 bits per heavy atom. The zero-order valence-electron chi connectivity index (χ0n) is 24.0. The molecule has 0 aliphatic carbocycles. The second-order valence-corrected chi connectivity index (χ2v) is 15.9. The van der Waals surface area contributed by atoms with Gasteiger partial charge in [0, 0.05) is 0 Å². The van der Waals surface area contributed by atoms with Gasteiger partial charge in [-0.15, -0.1) is 11.1 Å². The molecule has 0 saturated carbocycles. The van der Waals surface area contributed by atoms with E-state index in [1.807, 2.05) is 36.4 Å². The maximum atomic E-state index is 13.4. The zero-order chi connectivity index (χ0) is 30.5. The van der Waals surface area contributed by atoms with E-state index in [4.69, 9.17) is 11.1 Å². The highest BCUT2D eigenvalue weighted by atomic mass is 35.6. The van der Waals surface area contributed by atoms with Crippen LogP contribution >= 0.6 is 11.1 Å². The van der Waals surface area contributed by atoms with E-state index in [1.165, 1.54) is 36.4 Å². The molecule has 44 heavy (non-hydrogen) atoms. The molecule has 0 N–H and O–H groups in total. The first-order valence-corrected chi connectivity index (χ1v) is 17.6. The number of hydrogen-bond donors (Lipinski definition) is 0. The third-order valence-electron chi connectivity index (χ3n) is 8.02. The Kier molecular flexibility index (Phi) is 8.83. The Bertz CT molecular complexity index is 1600. The summed E-state index contributed by atoms with van der Waals surface area (Å²) >= 11 is 7.82. The van der Waals surface area contributed by atoms with Gasteiger partial charge in [-0.3, -0.25) is 0 Å². The van der Waals surface area contributed by atoms with Crippen molar-refractivity contribution < 1.29 is 13.2 Å². The van der Waals surface area contributed by atoms with Crippen molar-refractivity contribution in [2.45, 2.75) is 19.3 Å². The molecule has 0 spiro atoms. The van der Waals surface area contributed by atoms with Crippen molar-refractivity contribution in [3.63, 3.8) is 0 Å². The van der Waals surface area contributed by atoms with Crippen molar-refractivity contribution >= 4 is 34.0 Å². The topological polar surface area (TPSA) is 0 Å². The highest BCUT2D eigenvalue weighted by molar-refractivity contribution is 7.40. The maximum absolute atomic E-state index is 13.4. The molecule has 0 radical (unpaired) electrons. The molecule has 0 heterocycles. The highest BCUT2D eigenvalue weighted by Crippen LogP contribution is 2.18. The van der Waals surface area contributed by atoms with Gasteiger partial charge in [-0.05, 0) is 105 Å². The minimum Gasteiger partial charge on any atom is -0.207 e. The fourth-order valence-electron chi connectivity index (χ4n) is 5.57. The zero-order valence-corrected chi connectivity index (χ0v) is 25.7. The summed E-state index contributed by atoms with van der Waals surface area (Å²) in [4.78, 5) is 0. The van der Waals surface area contributed by atoms with Gasteiger partial charge < -0.3 is 0 Å². The first kappa shape index (κ1) is 29.7. The molecule has 0 amide bonds. The van der Waals surface area contributed by atoms with Gasteiger partial charge in [0.1, 0.15) is 17.5 Å². The molecular weight excluding hydrogens is 589 g/mol. The van der Waals surface area contributed by atoms with Crippen LogP contribution in [0.1, 0.15) is 33.4 Å². The molecule has 0 saturated heterocycles. The normalized spacial score (nSPS) is 11.5. The molecule has 0 atom stereocenters. The SMILES string of the molecule is Fc1ccc(Cc2ccc([Si](Cl)(c3ccc(Cc4ccc(F)cc4)cc3)c3ccc(Cc4ccc(F)cc4)cc3)cc2)cc1. The van der Waals surface area contributed by atoms with E-state index in [0.29, 0.717) is 19.3 Å². The van der Waals surface area contributed by atoms with E-state index >= 15 is 0 Å². The van der Waals surface area contributed by atoms with Crippen LogP contribution in [0.25, 0.3) is 0 Å². The molecule has 6 rings (SSSR count). The molecule has 0 aliphatic heterocycles. The van der Waals surface area contributed by atoms with Gasteiger partial charge in [0.05, 0.1) is 0 Å². The summed E-state index contributed by atoms with van der Waals surface area (Å²) in [6.07, 6.45) is 2.11. The van der Waals surface area contributed by atoms with Gasteiger partial charge in [-0.2, -0.15) is 0 Å². The van der Waals surface area contributed by atoms with Crippen LogP contribution < -0.4 is 15.6 Å². The Morgan fingerprint density at radius 2 is 0.500 bits per heavy atom. The van der Waals surface area contributed by atoms with Crippen LogP contribution in [0.3, 0.4) is 0 Å². The molecule has 218 valence electrons. The van der Waals surface area contributed by atoms with E-state index in [-0.39, 0.29) is 17.5 Å². The maximum Gasteiger partial charge on any atom is 0.247 e. The smallest absolute Gasteiger partial charge is 0.207 e. The number of halogens is 4. The van der Waals surface area contributed by atoms with Crippen molar-refractivity contribution in [3.8, 4) is 0 Å². The van der Waals surface area contributed by atoms with Gasteiger partial charge in [0.2, 0.25) is 7.38 Å². The van der Waals surface area contributed by atoms with Gasteiger partial charge in [0.25, 0.3) is 0 Å². The summed E-state index contributed by atoms with van der Waals surface area (Å²) in [7, 11) is -2.92. The van der Waals surface area contributed by atoms with Crippen molar-refractivity contribution in [1.82, 2.24) is 0 Å². The van der Waals surface area contributed by atoms with E-state index in [9.17, 15) is 13.2 Å². The number of benzene rings is 6. The standard InChI is InChI=1S/C39H30ClF3Si/c40-44(37-19-7-31(8-20-37)25-28-1-13-34(41)14-2-28,38-21-9-32(10-22-38)26-29-3-15-35(42)16-4-29)39-23-11-33(12-24-39)27-30-5-17-36(43)18-6-30/h1-24H,25-27H2. The molecule has 6 aromatic carbocycles. The van der Waals surface area contributed by atoms with Crippen LogP contribution in [0.2, 0.25) is 0 Å². The average molecular weight is 619 g/mol. The Labute approximate surface area is 262 Å². The van der Waals surface area contributed by atoms with E-state index in [1.54, 1.807) is 0 Å². The third-order valence-corrected chi connectivity index (χ3v) is 13.4. The van der Waals surface area contributed by atoms with E-state index in [0.717, 1.165) is 48.9 Å². The Hall–Kier alpha value is -4.38. The quantitative estimate of drug-likeness (QED) is 0.0873. The molecule has 0 fully saturated rings. The lowest BCUT2D eigenvalue weighted by molar-refractivity contribution is 0.627. The first-order chi connectivity index (χ1) is 21.3. The fraction of sp³-hybridized carbons (Fsp3) is 0.0769. The van der Waals surface area contributed by atoms with Gasteiger partial charge in [-0.25, -0.2) is 13.2 Å². The number of hydrogen-bond acceptors (Lipinski definition) is 0. The van der Waals surface area contributed by atoms with Crippen molar-refractivity contribution in [2.75, 3.05) is 0 Å². The van der Waals surface area contributed by atoms with Crippen molar-refractivity contribution in [2.24, 2.45) is 0 Å². The minimum absolute atomic E-state index is 0.241. The van der Waals surface area contributed by atoms with Crippen LogP contribution in [0, 0.1) is 17.5 Å². The lowest BCUT2D eigenvalue weighted by atomic mass is 10.1. The fourth-order valence-corrected chi connectivity index (χ4v) is 9.58. The Balaban J connectivity index is 1.31. The molecule has 0 aromatic heterocycles. The van der Waals surface area contributed by atoms with Crippen LogP contribution in [0.4, 0.5) is 13.2 Å². The summed E-state index contributed by atoms with van der Waals surface area (Å²) in [5.41, 5.74) is 6.50. The van der Waals surface area contributed by atoms with Gasteiger partial charge in [0.15, 0.2) is 0 Å². The number of rotatable bonds is 9. The van der Waals surface area contributed by atoms with Crippen molar-refractivity contribution in [3.05, 3.63) is 196 Å². The monoisotopic (exact) mass is 618 g/mol. The summed E-state index contributed by atoms with van der Waals surface area (Å²) < 4.78 is 40.2. The summed E-state index contributed by atoms with van der Waals surface area (Å²) in [6, 6.07) is 45.1. The first-order valence-electron chi connectivity index (χ1n) is 14.6. The van der Waals surface area contributed by atoms with Crippen LogP contribution in [0.15, 0.2) is 146 Å². The molecule has 0 nitrogen and oxygen atoms in total. The molecule has 6 aromatic rings. The van der Waals surface area contributed by atoms with Gasteiger partial charge in [-0.1, -0.05) is 109 Å². The van der Waals surface area contributed by atoms with Crippen molar-refractivity contribution in [1.29, 1.82) is 0 Å². The lowest BCUT2D eigenvalue weighted by Crippen LogP contribution is -2.62. The largest absolute Gasteiger partial charge is 0.247 e. The Morgan fingerprint density at radius 1 is 0.318 bits per heavy atom. The summed E-state index contributed by atoms with van der Waals surface area (Å²) in [5, 5.41) is 3.21. The average Bonchev–Trinajstić information content (AvgIpc) is 3.05. The predicted molar refractivity (Wildman–Crippen MR) is 177 cm³/mol. The third kappa shape index (κ3) is 6.88. The predicted octanol–water partition coefficient (Wildman–Crippen LogP) is 8.08. The molecule has 0 unspecified atom stereocenters. The molecular formula is C39H30ClF3Si. The van der Waals surface area contributed by atoms with Crippen LogP contribution in [-0.2, 0) is 19.3 Å². The van der Waals surface area contributed by atoms with E-state index in [2.05, 4.69) is 72.8 Å². The van der Waals surface area contributed by atoms with Crippen LogP contribution in [0.5, 0.6) is 0 Å². The molecule has 5 heteroatoms. The van der Waals surface area contributed by atoms with E-state index < -0.39 is 7.38 Å². The highest BCUT2D eigenvalue weighted by Gasteiger charge is 2.38. The molecule has 0 aliphatic rings. The lowest BCUT2D eigenvalue weighted by Gasteiger charge is -2.27. The summed E-state index contributed by atoms with van der Waals surface area (Å²) in [5.74, 6) is -0.724. The summed E-state index contributed by atoms with van der Waals surface area (Å²) in [6.45, 7) is 0. The molecule has 0 bridgehead atoms. The van der Waals surface area contributed by atoms with Crippen LogP contribution in [-0.4, -0.2) is 7.38 Å². The van der Waals surface area contributed by atoms with Gasteiger partial charge >= 0.3 is 0 Å². The minimum atomic E-state index is -2.92. The second kappa shape index (κ2) is 13.1.